The maximum atomic E-state index is 12.1. The van der Waals surface area contributed by atoms with Crippen molar-refractivity contribution in [2.75, 3.05) is 12.3 Å². The molecule has 5 heteroatoms. The van der Waals surface area contributed by atoms with Gasteiger partial charge in [0.15, 0.2) is 0 Å². The quantitative estimate of drug-likeness (QED) is 0.749. The number of halogens is 2. The molecule has 2 rings (SSSR count). The molecule has 3 N–H and O–H groups in total. The molecular formula is C19H24Cl2N2O. The smallest absolute Gasteiger partial charge is 0.224 e. The lowest BCUT2D eigenvalue weighted by Crippen LogP contribution is -2.36. The molecule has 2 aromatic carbocycles. The van der Waals surface area contributed by atoms with E-state index >= 15 is 0 Å². The first-order valence-corrected chi connectivity index (χ1v) is 8.07. The maximum absolute atomic E-state index is 12.1. The van der Waals surface area contributed by atoms with Gasteiger partial charge >= 0.3 is 0 Å². The number of carbonyl (C=O) groups is 1. The highest BCUT2D eigenvalue weighted by atomic mass is 35.5. The maximum Gasteiger partial charge on any atom is 0.224 e. The minimum atomic E-state index is -0.0402. The SMILES string of the molecule is CC(C)(CNC(=O)Cc1ccc(N)cc1)Cc1cccc(Cl)c1.Cl. The van der Waals surface area contributed by atoms with Gasteiger partial charge in [-0.05, 0) is 47.2 Å². The lowest BCUT2D eigenvalue weighted by molar-refractivity contribution is -0.120. The molecule has 24 heavy (non-hydrogen) atoms. The van der Waals surface area contributed by atoms with Crippen LogP contribution in [0.15, 0.2) is 48.5 Å². The van der Waals surface area contributed by atoms with Crippen molar-refractivity contribution in [3.8, 4) is 0 Å². The number of nitrogens with two attached hydrogens (primary N) is 1. The summed E-state index contributed by atoms with van der Waals surface area (Å²) in [4.78, 5) is 12.1. The third-order valence-corrected chi connectivity index (χ3v) is 3.92. The molecule has 0 bridgehead atoms. The minimum Gasteiger partial charge on any atom is -0.399 e. The average Bonchev–Trinajstić information content (AvgIpc) is 2.47. The molecular weight excluding hydrogens is 343 g/mol. The fourth-order valence-electron chi connectivity index (χ4n) is 2.48. The summed E-state index contributed by atoms with van der Waals surface area (Å²) < 4.78 is 0. The van der Waals surface area contributed by atoms with Gasteiger partial charge in [-0.15, -0.1) is 12.4 Å². The van der Waals surface area contributed by atoms with Crippen molar-refractivity contribution >= 4 is 35.6 Å². The van der Waals surface area contributed by atoms with Gasteiger partial charge in [0.1, 0.15) is 0 Å². The van der Waals surface area contributed by atoms with Gasteiger partial charge in [-0.2, -0.15) is 0 Å². The Morgan fingerprint density at radius 3 is 2.42 bits per heavy atom. The highest BCUT2D eigenvalue weighted by Gasteiger charge is 2.19. The number of carbonyl (C=O) groups excluding carboxylic acids is 1. The molecule has 0 radical (unpaired) electrons. The fourth-order valence-corrected chi connectivity index (χ4v) is 2.70. The number of nitrogen functional groups attached to an aromatic ring is 1. The monoisotopic (exact) mass is 366 g/mol. The number of anilines is 1. The topological polar surface area (TPSA) is 55.1 Å². The third-order valence-electron chi connectivity index (χ3n) is 3.68. The lowest BCUT2D eigenvalue weighted by Gasteiger charge is -2.25. The zero-order valence-electron chi connectivity index (χ0n) is 14.0. The fraction of sp³-hybridized carbons (Fsp3) is 0.316. The molecule has 0 atom stereocenters. The summed E-state index contributed by atoms with van der Waals surface area (Å²) >= 11 is 6.02. The predicted octanol–water partition coefficient (Wildman–Crippen LogP) is 4.27. The van der Waals surface area contributed by atoms with Crippen molar-refractivity contribution in [1.29, 1.82) is 0 Å². The van der Waals surface area contributed by atoms with E-state index in [0.717, 1.165) is 17.0 Å². The highest BCUT2D eigenvalue weighted by Crippen LogP contribution is 2.22. The van der Waals surface area contributed by atoms with Crippen molar-refractivity contribution in [1.82, 2.24) is 5.32 Å². The lowest BCUT2D eigenvalue weighted by atomic mass is 9.85. The number of benzene rings is 2. The average molecular weight is 367 g/mol. The van der Waals surface area contributed by atoms with Crippen LogP contribution in [0.3, 0.4) is 0 Å². The van der Waals surface area contributed by atoms with E-state index < -0.39 is 0 Å². The summed E-state index contributed by atoms with van der Waals surface area (Å²) in [5, 5.41) is 3.76. The summed E-state index contributed by atoms with van der Waals surface area (Å²) in [5.74, 6) is 0.0222. The van der Waals surface area contributed by atoms with E-state index in [-0.39, 0.29) is 23.7 Å². The van der Waals surface area contributed by atoms with Crippen molar-refractivity contribution < 1.29 is 4.79 Å². The van der Waals surface area contributed by atoms with Crippen LogP contribution >= 0.6 is 24.0 Å². The van der Waals surface area contributed by atoms with E-state index in [2.05, 4.69) is 25.2 Å². The van der Waals surface area contributed by atoms with Crippen LogP contribution in [0.2, 0.25) is 5.02 Å². The first-order valence-electron chi connectivity index (χ1n) is 7.70. The molecule has 2 aromatic rings. The Morgan fingerprint density at radius 2 is 1.79 bits per heavy atom. The van der Waals surface area contributed by atoms with Crippen LogP contribution in [0.25, 0.3) is 0 Å². The Balaban J connectivity index is 0.00000288. The van der Waals surface area contributed by atoms with Crippen LogP contribution in [-0.4, -0.2) is 12.5 Å². The largest absolute Gasteiger partial charge is 0.399 e. The Kier molecular flexibility index (Phi) is 7.59. The molecule has 0 saturated carbocycles. The molecule has 3 nitrogen and oxygen atoms in total. The van der Waals surface area contributed by atoms with Crippen LogP contribution in [0, 0.1) is 5.41 Å². The van der Waals surface area contributed by atoms with E-state index in [4.69, 9.17) is 17.3 Å². The first-order chi connectivity index (χ1) is 10.8. The van der Waals surface area contributed by atoms with Crippen molar-refractivity contribution in [2.24, 2.45) is 5.41 Å². The molecule has 0 aliphatic heterocycles. The zero-order chi connectivity index (χ0) is 16.9. The number of nitrogens with one attached hydrogen (secondary N) is 1. The second-order valence-electron chi connectivity index (χ2n) is 6.67. The summed E-state index contributed by atoms with van der Waals surface area (Å²) in [7, 11) is 0. The van der Waals surface area contributed by atoms with E-state index in [9.17, 15) is 4.79 Å². The van der Waals surface area contributed by atoms with Crippen molar-refractivity contribution in [2.45, 2.75) is 26.7 Å². The summed E-state index contributed by atoms with van der Waals surface area (Å²) in [6.07, 6.45) is 1.23. The van der Waals surface area contributed by atoms with E-state index in [1.165, 1.54) is 5.56 Å². The predicted molar refractivity (Wildman–Crippen MR) is 104 cm³/mol. The van der Waals surface area contributed by atoms with Gasteiger partial charge in [-0.1, -0.05) is 49.7 Å². The molecule has 0 unspecified atom stereocenters. The van der Waals surface area contributed by atoms with E-state index in [1.54, 1.807) is 0 Å². The number of rotatable bonds is 6. The third kappa shape index (κ3) is 6.81. The second kappa shape index (κ2) is 8.95. The van der Waals surface area contributed by atoms with Gasteiger partial charge in [0, 0.05) is 17.3 Å². The number of hydrogen-bond acceptors (Lipinski definition) is 2. The van der Waals surface area contributed by atoms with Crippen LogP contribution in [0.1, 0.15) is 25.0 Å². The first kappa shape index (κ1) is 20.3. The van der Waals surface area contributed by atoms with Gasteiger partial charge in [0.05, 0.1) is 6.42 Å². The Bertz CT molecular complexity index is 669. The normalized spacial score (nSPS) is 10.8. The molecule has 0 fully saturated rings. The van der Waals surface area contributed by atoms with E-state index in [1.807, 2.05) is 42.5 Å². The summed E-state index contributed by atoms with van der Waals surface area (Å²) in [6.45, 7) is 4.89. The zero-order valence-corrected chi connectivity index (χ0v) is 15.6. The standard InChI is InChI=1S/C19H23ClN2O.ClH/c1-19(2,12-15-4-3-5-16(20)10-15)13-22-18(23)11-14-6-8-17(21)9-7-14;/h3-10H,11-13,21H2,1-2H3,(H,22,23);1H. The van der Waals surface area contributed by atoms with E-state index in [0.29, 0.717) is 18.7 Å². The van der Waals surface area contributed by atoms with Crippen LogP contribution < -0.4 is 11.1 Å². The van der Waals surface area contributed by atoms with Gasteiger partial charge in [0.25, 0.3) is 0 Å². The van der Waals surface area contributed by atoms with Crippen LogP contribution in [0.5, 0.6) is 0 Å². The molecule has 0 spiro atoms. The molecule has 0 aliphatic carbocycles. The van der Waals surface area contributed by atoms with Gasteiger partial charge in [0.2, 0.25) is 5.91 Å². The van der Waals surface area contributed by atoms with Crippen LogP contribution in [-0.2, 0) is 17.6 Å². The summed E-state index contributed by atoms with van der Waals surface area (Å²) in [5.41, 5.74) is 8.45. The number of hydrogen-bond donors (Lipinski definition) is 2. The summed E-state index contributed by atoms with van der Waals surface area (Å²) in [6, 6.07) is 15.2. The highest BCUT2D eigenvalue weighted by molar-refractivity contribution is 6.30. The Morgan fingerprint density at radius 1 is 1.12 bits per heavy atom. The Hall–Kier alpha value is -1.71. The van der Waals surface area contributed by atoms with Gasteiger partial charge in [-0.25, -0.2) is 0 Å². The van der Waals surface area contributed by atoms with Gasteiger partial charge in [-0.3, -0.25) is 4.79 Å². The van der Waals surface area contributed by atoms with Crippen molar-refractivity contribution in [3.05, 3.63) is 64.7 Å². The molecule has 0 heterocycles. The minimum absolute atomic E-state index is 0. The molecule has 0 aliphatic rings. The number of amides is 1. The van der Waals surface area contributed by atoms with Gasteiger partial charge < -0.3 is 11.1 Å². The second-order valence-corrected chi connectivity index (χ2v) is 7.10. The Labute approximate surface area is 155 Å². The van der Waals surface area contributed by atoms with Crippen molar-refractivity contribution in [3.63, 3.8) is 0 Å². The van der Waals surface area contributed by atoms with Crippen LogP contribution in [0.4, 0.5) is 5.69 Å². The molecule has 0 aromatic heterocycles. The molecule has 130 valence electrons. The molecule has 0 saturated heterocycles. The molecule has 1 amide bonds.